The van der Waals surface area contributed by atoms with E-state index in [2.05, 4.69) is 14.5 Å². The van der Waals surface area contributed by atoms with E-state index in [0.717, 1.165) is 18.5 Å². The summed E-state index contributed by atoms with van der Waals surface area (Å²) >= 11 is 0. The number of ether oxygens (including phenoxy) is 2. The van der Waals surface area contributed by atoms with Crippen LogP contribution in [0.4, 0.5) is 0 Å². The van der Waals surface area contributed by atoms with Crippen LogP contribution in [0.2, 0.25) is 0 Å². The zero-order valence-corrected chi connectivity index (χ0v) is 9.73. The maximum atomic E-state index is 11.6. The first-order chi connectivity index (χ1) is 8.17. The summed E-state index contributed by atoms with van der Waals surface area (Å²) in [6, 6.07) is 3.33. The third-order valence-corrected chi connectivity index (χ3v) is 2.70. The molecule has 0 aromatic carbocycles. The molecule has 0 N–H and O–H groups in total. The van der Waals surface area contributed by atoms with Crippen LogP contribution >= 0.6 is 0 Å². The van der Waals surface area contributed by atoms with Gasteiger partial charge >= 0.3 is 11.9 Å². The minimum absolute atomic E-state index is 0.0313. The fourth-order valence-electron chi connectivity index (χ4n) is 1.61. The molecule has 1 aromatic rings. The van der Waals surface area contributed by atoms with E-state index >= 15 is 0 Å². The number of esters is 2. The number of aromatic nitrogens is 1. The maximum absolute atomic E-state index is 11.6. The van der Waals surface area contributed by atoms with Gasteiger partial charge in [-0.25, -0.2) is 14.6 Å². The van der Waals surface area contributed by atoms with Gasteiger partial charge in [0, 0.05) is 11.6 Å². The molecule has 1 saturated carbocycles. The average Bonchev–Trinajstić information content (AvgIpc) is 3.20. The molecule has 0 bridgehead atoms. The zero-order valence-electron chi connectivity index (χ0n) is 9.73. The molecule has 90 valence electrons. The number of hydrogen-bond donors (Lipinski definition) is 0. The highest BCUT2D eigenvalue weighted by Crippen LogP contribution is 2.39. The molecule has 1 aromatic heterocycles. The van der Waals surface area contributed by atoms with Crippen LogP contribution in [0.3, 0.4) is 0 Å². The third kappa shape index (κ3) is 2.27. The van der Waals surface area contributed by atoms with E-state index in [1.807, 2.05) is 0 Å². The quantitative estimate of drug-likeness (QED) is 0.743. The Kier molecular flexibility index (Phi) is 3.08. The maximum Gasteiger partial charge on any atom is 0.357 e. The van der Waals surface area contributed by atoms with Gasteiger partial charge in [-0.3, -0.25) is 0 Å². The molecule has 5 heteroatoms. The van der Waals surface area contributed by atoms with Crippen molar-refractivity contribution in [3.8, 4) is 0 Å². The highest BCUT2D eigenvalue weighted by atomic mass is 16.5. The lowest BCUT2D eigenvalue weighted by Gasteiger charge is -2.07. The normalized spacial score (nSPS) is 14.2. The van der Waals surface area contributed by atoms with Gasteiger partial charge in [-0.15, -0.1) is 0 Å². The molecular weight excluding hydrogens is 222 g/mol. The van der Waals surface area contributed by atoms with Crippen LogP contribution in [0.5, 0.6) is 0 Å². The number of carbonyl (C=O) groups excluding carboxylic acids is 2. The first kappa shape index (κ1) is 11.6. The van der Waals surface area contributed by atoms with E-state index in [-0.39, 0.29) is 11.3 Å². The smallest absolute Gasteiger partial charge is 0.357 e. The molecule has 5 nitrogen and oxygen atoms in total. The summed E-state index contributed by atoms with van der Waals surface area (Å²) in [4.78, 5) is 27.2. The van der Waals surface area contributed by atoms with E-state index in [9.17, 15) is 9.59 Å². The largest absolute Gasteiger partial charge is 0.465 e. The summed E-state index contributed by atoms with van der Waals surface area (Å²) < 4.78 is 9.22. The summed E-state index contributed by atoms with van der Waals surface area (Å²) in [6.07, 6.45) is 2.15. The van der Waals surface area contributed by atoms with Gasteiger partial charge in [0.05, 0.1) is 19.8 Å². The summed E-state index contributed by atoms with van der Waals surface area (Å²) in [7, 11) is 2.52. The first-order valence-electron chi connectivity index (χ1n) is 5.35. The van der Waals surface area contributed by atoms with Crippen molar-refractivity contribution in [3.05, 3.63) is 29.1 Å². The molecule has 0 atom stereocenters. The lowest BCUT2D eigenvalue weighted by Crippen LogP contribution is -2.14. The standard InChI is InChI=1S/C12H13NO4/c1-16-11(14)8-5-6-9(7-3-4-7)13-10(8)12(15)17-2/h5-7H,3-4H2,1-2H3. The van der Waals surface area contributed by atoms with Crippen LogP contribution in [0.15, 0.2) is 12.1 Å². The molecule has 17 heavy (non-hydrogen) atoms. The Morgan fingerprint density at radius 2 is 1.82 bits per heavy atom. The van der Waals surface area contributed by atoms with Crippen LogP contribution in [0.25, 0.3) is 0 Å². The number of methoxy groups -OCH3 is 2. The van der Waals surface area contributed by atoms with Gasteiger partial charge in [0.25, 0.3) is 0 Å². The van der Waals surface area contributed by atoms with E-state index in [0.29, 0.717) is 5.92 Å². The van der Waals surface area contributed by atoms with Gasteiger partial charge in [0.1, 0.15) is 0 Å². The Morgan fingerprint density at radius 3 is 2.35 bits per heavy atom. The number of hydrogen-bond acceptors (Lipinski definition) is 5. The second-order valence-electron chi connectivity index (χ2n) is 3.89. The molecule has 1 aliphatic rings. The van der Waals surface area contributed by atoms with Gasteiger partial charge < -0.3 is 9.47 Å². The number of nitrogens with zero attached hydrogens (tertiary/aromatic N) is 1. The minimum atomic E-state index is -0.618. The molecule has 0 radical (unpaired) electrons. The second kappa shape index (κ2) is 4.53. The van der Waals surface area contributed by atoms with Crippen molar-refractivity contribution >= 4 is 11.9 Å². The van der Waals surface area contributed by atoms with Crippen LogP contribution < -0.4 is 0 Å². The fraction of sp³-hybridized carbons (Fsp3) is 0.417. The average molecular weight is 235 g/mol. The van der Waals surface area contributed by atoms with Crippen molar-refractivity contribution in [1.82, 2.24) is 4.98 Å². The van der Waals surface area contributed by atoms with Gasteiger partial charge in [-0.2, -0.15) is 0 Å². The molecule has 1 fully saturated rings. The van der Waals surface area contributed by atoms with Crippen LogP contribution in [-0.4, -0.2) is 31.1 Å². The van der Waals surface area contributed by atoms with Gasteiger partial charge in [-0.1, -0.05) is 0 Å². The third-order valence-electron chi connectivity index (χ3n) is 2.70. The van der Waals surface area contributed by atoms with Gasteiger partial charge in [0.15, 0.2) is 5.69 Å². The highest BCUT2D eigenvalue weighted by molar-refractivity contribution is 6.01. The Balaban J connectivity index is 2.43. The Bertz CT molecular complexity index is 466. The Labute approximate surface area is 98.7 Å². The summed E-state index contributed by atoms with van der Waals surface area (Å²) in [5.41, 5.74) is 1.01. The summed E-state index contributed by atoms with van der Waals surface area (Å²) in [5.74, 6) is -0.793. The molecule has 2 rings (SSSR count). The lowest BCUT2D eigenvalue weighted by molar-refractivity contribution is 0.0549. The van der Waals surface area contributed by atoms with Crippen molar-refractivity contribution in [2.45, 2.75) is 18.8 Å². The van der Waals surface area contributed by atoms with Crippen molar-refractivity contribution in [3.63, 3.8) is 0 Å². The van der Waals surface area contributed by atoms with E-state index < -0.39 is 11.9 Å². The molecule has 1 aliphatic carbocycles. The van der Waals surface area contributed by atoms with Crippen LogP contribution in [0.1, 0.15) is 45.3 Å². The monoisotopic (exact) mass is 235 g/mol. The molecule has 0 saturated heterocycles. The minimum Gasteiger partial charge on any atom is -0.465 e. The van der Waals surface area contributed by atoms with Crippen molar-refractivity contribution in [1.29, 1.82) is 0 Å². The van der Waals surface area contributed by atoms with Crippen LogP contribution in [0, 0.1) is 0 Å². The summed E-state index contributed by atoms with van der Waals surface area (Å²) in [5, 5.41) is 0. The van der Waals surface area contributed by atoms with Crippen molar-refractivity contribution in [2.24, 2.45) is 0 Å². The Hall–Kier alpha value is -1.91. The molecule has 0 spiro atoms. The first-order valence-corrected chi connectivity index (χ1v) is 5.35. The van der Waals surface area contributed by atoms with Crippen molar-refractivity contribution in [2.75, 3.05) is 14.2 Å². The lowest BCUT2D eigenvalue weighted by atomic mass is 10.1. The molecular formula is C12H13NO4. The molecule has 1 heterocycles. The van der Waals surface area contributed by atoms with Crippen molar-refractivity contribution < 1.29 is 19.1 Å². The Morgan fingerprint density at radius 1 is 1.18 bits per heavy atom. The fourth-order valence-corrected chi connectivity index (χ4v) is 1.61. The number of rotatable bonds is 3. The zero-order chi connectivity index (χ0) is 12.4. The van der Waals surface area contributed by atoms with Gasteiger partial charge in [0.2, 0.25) is 0 Å². The van der Waals surface area contributed by atoms with E-state index in [1.165, 1.54) is 14.2 Å². The highest BCUT2D eigenvalue weighted by Gasteiger charge is 2.28. The SMILES string of the molecule is COC(=O)c1ccc(C2CC2)nc1C(=O)OC. The number of carbonyl (C=O) groups is 2. The molecule has 0 aliphatic heterocycles. The van der Waals surface area contributed by atoms with E-state index in [4.69, 9.17) is 0 Å². The van der Waals surface area contributed by atoms with Gasteiger partial charge in [-0.05, 0) is 25.0 Å². The molecule has 0 amide bonds. The van der Waals surface area contributed by atoms with E-state index in [1.54, 1.807) is 12.1 Å². The predicted octanol–water partition coefficient (Wildman–Crippen LogP) is 1.53. The topological polar surface area (TPSA) is 65.5 Å². The number of pyridine rings is 1. The summed E-state index contributed by atoms with van der Waals surface area (Å²) in [6.45, 7) is 0. The predicted molar refractivity (Wildman–Crippen MR) is 58.9 cm³/mol. The second-order valence-corrected chi connectivity index (χ2v) is 3.89. The van der Waals surface area contributed by atoms with Crippen LogP contribution in [-0.2, 0) is 9.47 Å². The molecule has 0 unspecified atom stereocenters.